The molecule has 2 aromatic rings. The fraction of sp³-hybridized carbons (Fsp3) is 0.400. The maximum Gasteiger partial charge on any atom is 0.246 e. The second-order valence-corrected chi connectivity index (χ2v) is 6.53. The Kier molecular flexibility index (Phi) is 6.03. The van der Waals surface area contributed by atoms with E-state index in [4.69, 9.17) is 9.47 Å². The van der Waals surface area contributed by atoms with Crippen LogP contribution in [0, 0.1) is 19.7 Å². The van der Waals surface area contributed by atoms with Crippen LogP contribution in [0.3, 0.4) is 0 Å². The Morgan fingerprint density at radius 3 is 2.74 bits per heavy atom. The molecule has 0 bridgehead atoms. The first-order valence-electron chi connectivity index (χ1n) is 8.91. The maximum atomic E-state index is 13.2. The lowest BCUT2D eigenvalue weighted by Crippen LogP contribution is -2.42. The Labute approximate surface area is 158 Å². The molecule has 0 radical (unpaired) electrons. The number of rotatable bonds is 6. The summed E-state index contributed by atoms with van der Waals surface area (Å²) in [4.78, 5) is 14.1. The van der Waals surface area contributed by atoms with Crippen LogP contribution in [0.5, 0.6) is 0 Å². The molecule has 1 aromatic heterocycles. The van der Waals surface area contributed by atoms with Gasteiger partial charge in [-0.05, 0) is 44.2 Å². The number of ether oxygens (including phenoxy) is 2. The lowest BCUT2D eigenvalue weighted by Gasteiger charge is -2.29. The van der Waals surface area contributed by atoms with E-state index in [0.717, 1.165) is 22.6 Å². The van der Waals surface area contributed by atoms with Gasteiger partial charge in [0.1, 0.15) is 5.82 Å². The molecule has 0 saturated carbocycles. The van der Waals surface area contributed by atoms with Crippen molar-refractivity contribution >= 4 is 5.91 Å². The Morgan fingerprint density at radius 1 is 1.37 bits per heavy atom. The van der Waals surface area contributed by atoms with E-state index in [-0.39, 0.29) is 17.8 Å². The van der Waals surface area contributed by atoms with Crippen molar-refractivity contribution in [1.29, 1.82) is 0 Å². The molecular weight excluding hydrogens is 349 g/mol. The van der Waals surface area contributed by atoms with E-state index in [1.807, 2.05) is 13.8 Å². The summed E-state index contributed by atoms with van der Waals surface area (Å²) in [7, 11) is 0. The number of aryl methyl sites for hydroxylation is 1. The van der Waals surface area contributed by atoms with Crippen LogP contribution in [-0.2, 0) is 20.8 Å². The van der Waals surface area contributed by atoms with Gasteiger partial charge in [-0.15, -0.1) is 0 Å². The number of hydrogen-bond donors (Lipinski definition) is 0. The molecular formula is C20H24FN3O3. The van der Waals surface area contributed by atoms with Gasteiger partial charge < -0.3 is 14.4 Å². The first-order chi connectivity index (χ1) is 13.0. The topological polar surface area (TPSA) is 56.6 Å². The average Bonchev–Trinajstić information content (AvgIpc) is 2.96. The van der Waals surface area contributed by atoms with Gasteiger partial charge in [-0.2, -0.15) is 5.10 Å². The Balaban J connectivity index is 1.83. The molecule has 1 aliphatic rings. The summed E-state index contributed by atoms with van der Waals surface area (Å²) < 4.78 is 26.1. The van der Waals surface area contributed by atoms with Gasteiger partial charge in [0.15, 0.2) is 0 Å². The van der Waals surface area contributed by atoms with Crippen LogP contribution in [0.4, 0.5) is 4.39 Å². The second kappa shape index (κ2) is 8.45. The Hall–Kier alpha value is -2.51. The molecule has 1 aliphatic heterocycles. The van der Waals surface area contributed by atoms with Crippen molar-refractivity contribution in [2.75, 3.05) is 26.4 Å². The molecule has 1 fully saturated rings. The first kappa shape index (κ1) is 19.3. The van der Waals surface area contributed by atoms with Gasteiger partial charge in [-0.1, -0.05) is 6.58 Å². The Morgan fingerprint density at radius 2 is 2.11 bits per heavy atom. The van der Waals surface area contributed by atoms with Crippen molar-refractivity contribution in [2.24, 2.45) is 0 Å². The summed E-state index contributed by atoms with van der Waals surface area (Å²) in [6.45, 7) is 9.83. The van der Waals surface area contributed by atoms with E-state index in [9.17, 15) is 9.18 Å². The van der Waals surface area contributed by atoms with E-state index < -0.39 is 0 Å². The summed E-state index contributed by atoms with van der Waals surface area (Å²) in [5.74, 6) is -0.463. The molecule has 144 valence electrons. The van der Waals surface area contributed by atoms with Crippen molar-refractivity contribution < 1.29 is 18.7 Å². The summed E-state index contributed by atoms with van der Waals surface area (Å²) in [5, 5.41) is 4.57. The highest BCUT2D eigenvalue weighted by molar-refractivity contribution is 5.87. The number of hydrogen-bond acceptors (Lipinski definition) is 4. The van der Waals surface area contributed by atoms with Gasteiger partial charge in [-0.3, -0.25) is 4.79 Å². The van der Waals surface area contributed by atoms with Gasteiger partial charge in [-0.25, -0.2) is 9.07 Å². The van der Waals surface area contributed by atoms with Crippen molar-refractivity contribution in [1.82, 2.24) is 14.7 Å². The molecule has 2 heterocycles. The number of aromatic nitrogens is 2. The highest BCUT2D eigenvalue weighted by Gasteiger charge is 2.23. The van der Waals surface area contributed by atoms with Crippen molar-refractivity contribution in [3.63, 3.8) is 0 Å². The molecule has 1 amide bonds. The predicted octanol–water partition coefficient (Wildman–Crippen LogP) is 2.56. The third kappa shape index (κ3) is 4.43. The molecule has 7 heteroatoms. The van der Waals surface area contributed by atoms with E-state index in [1.54, 1.807) is 21.7 Å². The molecule has 3 rings (SSSR count). The molecule has 6 nitrogen and oxygen atoms in total. The van der Waals surface area contributed by atoms with Gasteiger partial charge in [0.2, 0.25) is 5.91 Å². The van der Waals surface area contributed by atoms with Crippen LogP contribution >= 0.6 is 0 Å². The van der Waals surface area contributed by atoms with Crippen molar-refractivity contribution in [3.8, 4) is 5.69 Å². The normalized spacial score (nSPS) is 16.9. The zero-order valence-corrected chi connectivity index (χ0v) is 15.7. The lowest BCUT2D eigenvalue weighted by molar-refractivity contribution is -0.134. The number of amides is 1. The van der Waals surface area contributed by atoms with Crippen LogP contribution in [0.2, 0.25) is 0 Å². The highest BCUT2D eigenvalue weighted by Crippen LogP contribution is 2.21. The fourth-order valence-electron chi connectivity index (χ4n) is 3.18. The van der Waals surface area contributed by atoms with Crippen molar-refractivity contribution in [2.45, 2.75) is 26.5 Å². The van der Waals surface area contributed by atoms with Crippen molar-refractivity contribution in [3.05, 3.63) is 59.7 Å². The largest absolute Gasteiger partial charge is 0.376 e. The van der Waals surface area contributed by atoms with Crippen LogP contribution in [0.15, 0.2) is 36.9 Å². The minimum Gasteiger partial charge on any atom is -0.376 e. The molecule has 1 saturated heterocycles. The second-order valence-electron chi connectivity index (χ2n) is 6.53. The van der Waals surface area contributed by atoms with E-state index in [2.05, 4.69) is 11.7 Å². The number of benzene rings is 1. The smallest absolute Gasteiger partial charge is 0.246 e. The zero-order chi connectivity index (χ0) is 19.4. The lowest BCUT2D eigenvalue weighted by atomic mass is 10.1. The molecule has 1 atom stereocenters. The monoisotopic (exact) mass is 373 g/mol. The number of halogens is 1. The summed E-state index contributed by atoms with van der Waals surface area (Å²) in [5.41, 5.74) is 3.45. The minimum absolute atomic E-state index is 0.157. The number of carbonyl (C=O) groups excluding carboxylic acids is 1. The van der Waals surface area contributed by atoms with Crippen LogP contribution in [-0.4, -0.2) is 53.1 Å². The van der Waals surface area contributed by atoms with Crippen LogP contribution in [0.1, 0.15) is 17.0 Å². The molecule has 1 aromatic carbocycles. The first-order valence-corrected chi connectivity index (χ1v) is 8.91. The molecule has 1 unspecified atom stereocenters. The molecule has 0 aliphatic carbocycles. The zero-order valence-electron chi connectivity index (χ0n) is 15.7. The summed E-state index contributed by atoms with van der Waals surface area (Å²) >= 11 is 0. The number of carbonyl (C=O) groups is 1. The molecule has 0 N–H and O–H groups in total. The third-order valence-corrected chi connectivity index (χ3v) is 4.66. The van der Waals surface area contributed by atoms with Crippen LogP contribution < -0.4 is 0 Å². The standard InChI is InChI=1S/C20H24FN3O3/c1-4-20(25)23(11-18-13-26-9-10-27-18)12-19-14(2)22-24(15(19)3)17-7-5-16(21)6-8-17/h4-8,18H,1,9-13H2,2-3H3. The maximum absolute atomic E-state index is 13.2. The quantitative estimate of drug-likeness (QED) is 0.731. The van der Waals surface area contributed by atoms with Gasteiger partial charge in [0.25, 0.3) is 0 Å². The third-order valence-electron chi connectivity index (χ3n) is 4.66. The summed E-state index contributed by atoms with van der Waals surface area (Å²) in [6, 6.07) is 6.16. The van der Waals surface area contributed by atoms with Gasteiger partial charge >= 0.3 is 0 Å². The summed E-state index contributed by atoms with van der Waals surface area (Å²) in [6.07, 6.45) is 1.15. The van der Waals surface area contributed by atoms with Gasteiger partial charge in [0.05, 0.1) is 37.3 Å². The molecule has 0 spiro atoms. The van der Waals surface area contributed by atoms with Crippen LogP contribution in [0.25, 0.3) is 5.69 Å². The van der Waals surface area contributed by atoms with Gasteiger partial charge in [0, 0.05) is 24.3 Å². The van der Waals surface area contributed by atoms with E-state index in [0.29, 0.717) is 32.9 Å². The molecule has 27 heavy (non-hydrogen) atoms. The predicted molar refractivity (Wildman–Crippen MR) is 99.2 cm³/mol. The Bertz CT molecular complexity index is 811. The minimum atomic E-state index is -0.294. The highest BCUT2D eigenvalue weighted by atomic mass is 19.1. The van der Waals surface area contributed by atoms with E-state index in [1.165, 1.54) is 18.2 Å². The fourth-order valence-corrected chi connectivity index (χ4v) is 3.18. The SMILES string of the molecule is C=CC(=O)N(Cc1c(C)nn(-c2ccc(F)cc2)c1C)CC1COCCO1. The average molecular weight is 373 g/mol. The number of nitrogens with zero attached hydrogens (tertiary/aromatic N) is 3. The van der Waals surface area contributed by atoms with E-state index >= 15 is 0 Å².